The van der Waals surface area contributed by atoms with Gasteiger partial charge in [0.05, 0.1) is 12.5 Å². The number of likely N-dealkylation sites (tertiary alicyclic amines) is 1. The number of benzene rings is 1. The minimum Gasteiger partial charge on any atom is -0.481 e. The lowest BCUT2D eigenvalue weighted by Crippen LogP contribution is -2.41. The summed E-state index contributed by atoms with van der Waals surface area (Å²) in [6.07, 6.45) is 1.06. The molecule has 0 radical (unpaired) electrons. The lowest BCUT2D eigenvalue weighted by molar-refractivity contribution is -0.147. The Balaban J connectivity index is 0.00000116. The zero-order valence-electron chi connectivity index (χ0n) is 13.3. The van der Waals surface area contributed by atoms with E-state index >= 15 is 0 Å². The van der Waals surface area contributed by atoms with Crippen molar-refractivity contribution in [1.29, 1.82) is 0 Å². The zero-order valence-corrected chi connectivity index (χ0v) is 13.3. The summed E-state index contributed by atoms with van der Waals surface area (Å²) in [5.74, 6) is -1.15. The molecule has 1 aliphatic heterocycles. The van der Waals surface area contributed by atoms with Crippen LogP contribution < -0.4 is 0 Å². The largest absolute Gasteiger partial charge is 0.481 e. The molecule has 1 aromatic carbocycles. The van der Waals surface area contributed by atoms with Crippen LogP contribution in [0.4, 0.5) is 0 Å². The molecule has 1 heterocycles. The number of rotatable bonds is 5. The van der Waals surface area contributed by atoms with Gasteiger partial charge in [-0.15, -0.1) is 0 Å². The van der Waals surface area contributed by atoms with Crippen LogP contribution in [0.15, 0.2) is 30.3 Å². The Labute approximate surface area is 131 Å². The third kappa shape index (κ3) is 5.85. The van der Waals surface area contributed by atoms with Crippen LogP contribution in [0.3, 0.4) is 0 Å². The fourth-order valence-electron chi connectivity index (χ4n) is 2.30. The van der Waals surface area contributed by atoms with Gasteiger partial charge in [0.25, 0.3) is 0 Å². The topological polar surface area (TPSA) is 66.8 Å². The molecular weight excluding hydrogens is 282 g/mol. The Morgan fingerprint density at radius 2 is 1.77 bits per heavy atom. The molecule has 0 spiro atoms. The van der Waals surface area contributed by atoms with Crippen molar-refractivity contribution < 1.29 is 19.4 Å². The molecule has 0 bridgehead atoms. The predicted octanol–water partition coefficient (Wildman–Crippen LogP) is 2.55. The van der Waals surface area contributed by atoms with Crippen LogP contribution in [0.2, 0.25) is 0 Å². The average Bonchev–Trinajstić information content (AvgIpc) is 2.57. The average molecular weight is 307 g/mol. The van der Waals surface area contributed by atoms with E-state index in [2.05, 4.69) is 0 Å². The minimum absolute atomic E-state index is 0.0482. The number of carboxylic acid groups (broad SMARTS) is 1. The SMILES string of the molecule is CC.O=C(O)C1CCN(C(=O)COCc2ccccc2)CC1. The number of piperidine rings is 1. The summed E-state index contributed by atoms with van der Waals surface area (Å²) in [6.45, 7) is 5.47. The molecule has 0 aliphatic carbocycles. The standard InChI is InChI=1S/C15H19NO4.C2H6/c17-14(11-20-10-12-4-2-1-3-5-12)16-8-6-13(7-9-16)15(18)19;1-2/h1-5,13H,6-11H2,(H,18,19);1-2H3. The van der Waals surface area contributed by atoms with Gasteiger partial charge in [0.1, 0.15) is 6.61 Å². The Morgan fingerprint density at radius 3 is 2.32 bits per heavy atom. The number of hydrogen-bond donors (Lipinski definition) is 1. The van der Waals surface area contributed by atoms with Crippen LogP contribution in [0.5, 0.6) is 0 Å². The summed E-state index contributed by atoms with van der Waals surface area (Å²) < 4.78 is 5.40. The van der Waals surface area contributed by atoms with Crippen LogP contribution in [0.1, 0.15) is 32.3 Å². The number of nitrogens with zero attached hydrogens (tertiary/aromatic N) is 1. The van der Waals surface area contributed by atoms with Crippen LogP contribution in [0.25, 0.3) is 0 Å². The molecule has 5 heteroatoms. The quantitative estimate of drug-likeness (QED) is 0.908. The molecule has 1 saturated heterocycles. The lowest BCUT2D eigenvalue weighted by Gasteiger charge is -2.30. The van der Waals surface area contributed by atoms with Crippen molar-refractivity contribution in [2.45, 2.75) is 33.3 Å². The highest BCUT2D eigenvalue weighted by Crippen LogP contribution is 2.17. The van der Waals surface area contributed by atoms with Gasteiger partial charge < -0.3 is 14.7 Å². The highest BCUT2D eigenvalue weighted by molar-refractivity contribution is 5.78. The zero-order chi connectivity index (χ0) is 16.4. The fourth-order valence-corrected chi connectivity index (χ4v) is 2.30. The van der Waals surface area contributed by atoms with Gasteiger partial charge in [0, 0.05) is 13.1 Å². The predicted molar refractivity (Wildman–Crippen MR) is 84.4 cm³/mol. The molecule has 2 rings (SSSR count). The third-order valence-corrected chi connectivity index (χ3v) is 3.53. The van der Waals surface area contributed by atoms with E-state index in [1.165, 1.54) is 0 Å². The Morgan fingerprint density at radius 1 is 1.18 bits per heavy atom. The number of carbonyl (C=O) groups is 2. The van der Waals surface area contributed by atoms with Gasteiger partial charge in [-0.2, -0.15) is 0 Å². The summed E-state index contributed by atoms with van der Waals surface area (Å²) in [5.41, 5.74) is 1.03. The van der Waals surface area contributed by atoms with E-state index in [1.54, 1.807) is 4.90 Å². The van der Waals surface area contributed by atoms with Crippen molar-refractivity contribution in [3.05, 3.63) is 35.9 Å². The second-order valence-corrected chi connectivity index (χ2v) is 4.97. The summed E-state index contributed by atoms with van der Waals surface area (Å²) >= 11 is 0. The van der Waals surface area contributed by atoms with Crippen molar-refractivity contribution in [3.63, 3.8) is 0 Å². The number of carboxylic acids is 1. The molecule has 0 aromatic heterocycles. The molecule has 122 valence electrons. The Kier molecular flexibility index (Phi) is 8.22. The maximum atomic E-state index is 11.9. The summed E-state index contributed by atoms with van der Waals surface area (Å²) in [6, 6.07) is 9.68. The number of amides is 1. The first-order valence-electron chi connectivity index (χ1n) is 7.79. The lowest BCUT2D eigenvalue weighted by atomic mass is 9.97. The van der Waals surface area contributed by atoms with Crippen molar-refractivity contribution >= 4 is 11.9 Å². The maximum Gasteiger partial charge on any atom is 0.306 e. The van der Waals surface area contributed by atoms with E-state index in [-0.39, 0.29) is 18.4 Å². The van der Waals surface area contributed by atoms with Crippen molar-refractivity contribution in [2.75, 3.05) is 19.7 Å². The van der Waals surface area contributed by atoms with Crippen LogP contribution in [0, 0.1) is 5.92 Å². The van der Waals surface area contributed by atoms with Gasteiger partial charge in [-0.3, -0.25) is 9.59 Å². The Bertz CT molecular complexity index is 453. The van der Waals surface area contributed by atoms with Gasteiger partial charge in [0.15, 0.2) is 0 Å². The Hall–Kier alpha value is -1.88. The monoisotopic (exact) mass is 307 g/mol. The van der Waals surface area contributed by atoms with Gasteiger partial charge in [-0.25, -0.2) is 0 Å². The van der Waals surface area contributed by atoms with Crippen molar-refractivity contribution in [3.8, 4) is 0 Å². The van der Waals surface area contributed by atoms with Crippen molar-refractivity contribution in [2.24, 2.45) is 5.92 Å². The number of aliphatic carboxylic acids is 1. The molecule has 1 aliphatic rings. The fraction of sp³-hybridized carbons (Fsp3) is 0.529. The minimum atomic E-state index is -0.766. The van der Waals surface area contributed by atoms with Gasteiger partial charge >= 0.3 is 5.97 Å². The molecule has 22 heavy (non-hydrogen) atoms. The number of carbonyl (C=O) groups excluding carboxylic acids is 1. The molecular formula is C17H25NO4. The van der Waals surface area contributed by atoms with Crippen LogP contribution in [-0.4, -0.2) is 41.6 Å². The maximum absolute atomic E-state index is 11.9. The van der Waals surface area contributed by atoms with E-state index in [0.717, 1.165) is 5.56 Å². The number of ether oxygens (including phenoxy) is 1. The normalized spacial score (nSPS) is 14.9. The van der Waals surface area contributed by atoms with Crippen LogP contribution >= 0.6 is 0 Å². The second kappa shape index (κ2) is 9.95. The second-order valence-electron chi connectivity index (χ2n) is 4.97. The van der Waals surface area contributed by atoms with Gasteiger partial charge in [0.2, 0.25) is 5.91 Å². The first kappa shape index (κ1) is 18.2. The van der Waals surface area contributed by atoms with E-state index < -0.39 is 5.97 Å². The van der Waals surface area contributed by atoms with E-state index in [0.29, 0.717) is 32.5 Å². The molecule has 1 N–H and O–H groups in total. The van der Waals surface area contributed by atoms with E-state index in [1.807, 2.05) is 44.2 Å². The van der Waals surface area contributed by atoms with E-state index in [9.17, 15) is 9.59 Å². The summed E-state index contributed by atoms with van der Waals surface area (Å²) in [7, 11) is 0. The number of hydrogen-bond acceptors (Lipinski definition) is 3. The summed E-state index contributed by atoms with van der Waals surface area (Å²) in [4.78, 5) is 24.4. The summed E-state index contributed by atoms with van der Waals surface area (Å²) in [5, 5.41) is 8.90. The smallest absolute Gasteiger partial charge is 0.306 e. The highest BCUT2D eigenvalue weighted by atomic mass is 16.5. The first-order chi connectivity index (χ1) is 10.7. The van der Waals surface area contributed by atoms with E-state index in [4.69, 9.17) is 9.84 Å². The van der Waals surface area contributed by atoms with Crippen LogP contribution in [-0.2, 0) is 20.9 Å². The molecule has 1 fully saturated rings. The molecule has 1 amide bonds. The van der Waals surface area contributed by atoms with Gasteiger partial charge in [-0.1, -0.05) is 44.2 Å². The molecule has 0 unspecified atom stereocenters. The van der Waals surface area contributed by atoms with Gasteiger partial charge in [-0.05, 0) is 18.4 Å². The molecule has 1 aromatic rings. The first-order valence-corrected chi connectivity index (χ1v) is 7.79. The molecule has 0 saturated carbocycles. The van der Waals surface area contributed by atoms with Crippen molar-refractivity contribution in [1.82, 2.24) is 4.90 Å². The highest BCUT2D eigenvalue weighted by Gasteiger charge is 2.26. The molecule has 5 nitrogen and oxygen atoms in total. The third-order valence-electron chi connectivity index (χ3n) is 3.53. The molecule has 0 atom stereocenters.